The first kappa shape index (κ1) is 29.0. The molecular weight excluding hydrogens is 526 g/mol. The van der Waals surface area contributed by atoms with Gasteiger partial charge in [-0.15, -0.1) is 0 Å². The zero-order valence-corrected chi connectivity index (χ0v) is 23.4. The number of ether oxygens (including phenoxy) is 1. The lowest BCUT2D eigenvalue weighted by Crippen LogP contribution is -2.52. The Hall–Kier alpha value is -3.56. The molecule has 3 aromatic rings. The molecule has 0 aliphatic rings. The normalized spacial score (nSPS) is 11.9. The summed E-state index contributed by atoms with van der Waals surface area (Å²) in [7, 11) is -1.03. The molecule has 1 atom stereocenters. The van der Waals surface area contributed by atoms with Crippen LogP contribution in [0.4, 0.5) is 5.69 Å². The molecule has 0 saturated heterocycles. The van der Waals surface area contributed by atoms with Gasteiger partial charge in [-0.3, -0.25) is 13.9 Å². The summed E-state index contributed by atoms with van der Waals surface area (Å²) in [5, 5.41) is 2.94. The zero-order chi connectivity index (χ0) is 27.9. The topological polar surface area (TPSA) is 96.0 Å². The fourth-order valence-corrected chi connectivity index (χ4v) is 5.07. The summed E-state index contributed by atoms with van der Waals surface area (Å²) in [6.07, 6.45) is 1.25. The standard InChI is InChI=1S/C28H32ClN3O5S/c1-20-10-12-22(13-11-20)18-31(25(28(34)30-2)16-21-8-6-5-7-9-21)27(33)19-32(38(4,35)36)24-17-23(29)14-15-26(24)37-3/h5-15,17,25H,16,18-19H2,1-4H3,(H,30,34)/t25-/m1/s1. The van der Waals surface area contributed by atoms with Crippen molar-refractivity contribution in [3.8, 4) is 5.75 Å². The van der Waals surface area contributed by atoms with Crippen LogP contribution in [0, 0.1) is 6.92 Å². The van der Waals surface area contributed by atoms with E-state index < -0.39 is 28.5 Å². The lowest BCUT2D eigenvalue weighted by atomic mass is 10.0. The Morgan fingerprint density at radius 2 is 1.66 bits per heavy atom. The van der Waals surface area contributed by atoms with E-state index in [9.17, 15) is 18.0 Å². The van der Waals surface area contributed by atoms with Gasteiger partial charge in [-0.05, 0) is 36.2 Å². The predicted octanol–water partition coefficient (Wildman–Crippen LogP) is 3.81. The first-order valence-electron chi connectivity index (χ1n) is 11.9. The summed E-state index contributed by atoms with van der Waals surface area (Å²) >= 11 is 6.16. The third-order valence-corrected chi connectivity index (χ3v) is 7.44. The molecule has 3 rings (SSSR count). The summed E-state index contributed by atoms with van der Waals surface area (Å²) in [5.74, 6) is -0.673. The Bertz CT molecular complexity index is 1360. The summed E-state index contributed by atoms with van der Waals surface area (Å²) in [6, 6.07) is 20.6. The van der Waals surface area contributed by atoms with Gasteiger partial charge in [0.25, 0.3) is 0 Å². The number of nitrogens with zero attached hydrogens (tertiary/aromatic N) is 2. The molecule has 0 fully saturated rings. The number of amides is 2. The average molecular weight is 558 g/mol. The fraction of sp³-hybridized carbons (Fsp3) is 0.286. The van der Waals surface area contributed by atoms with Crippen molar-refractivity contribution in [2.75, 3.05) is 31.3 Å². The minimum Gasteiger partial charge on any atom is -0.495 e. The van der Waals surface area contributed by atoms with Crippen molar-refractivity contribution in [3.63, 3.8) is 0 Å². The maximum Gasteiger partial charge on any atom is 0.244 e. The molecule has 38 heavy (non-hydrogen) atoms. The SMILES string of the molecule is CNC(=O)[C@@H](Cc1ccccc1)N(Cc1ccc(C)cc1)C(=O)CN(c1cc(Cl)ccc1OC)S(C)(=O)=O. The number of likely N-dealkylation sites (N-methyl/N-ethyl adjacent to an activating group) is 1. The third kappa shape index (κ3) is 7.49. The Kier molecular flexibility index (Phi) is 9.77. The molecule has 0 saturated carbocycles. The van der Waals surface area contributed by atoms with Crippen LogP contribution in [0.15, 0.2) is 72.8 Å². The van der Waals surface area contributed by atoms with E-state index in [4.69, 9.17) is 16.3 Å². The second kappa shape index (κ2) is 12.8. The van der Waals surface area contributed by atoms with Crippen molar-refractivity contribution in [1.29, 1.82) is 0 Å². The van der Waals surface area contributed by atoms with Gasteiger partial charge in [0.15, 0.2) is 0 Å². The first-order valence-corrected chi connectivity index (χ1v) is 14.2. The van der Waals surface area contributed by atoms with Crippen LogP contribution in [0.25, 0.3) is 0 Å². The zero-order valence-electron chi connectivity index (χ0n) is 21.8. The summed E-state index contributed by atoms with van der Waals surface area (Å²) in [6.45, 7) is 1.51. The van der Waals surface area contributed by atoms with Gasteiger partial charge in [-0.1, -0.05) is 71.8 Å². The van der Waals surface area contributed by atoms with Crippen LogP contribution in [-0.4, -0.2) is 58.1 Å². The van der Waals surface area contributed by atoms with Crippen molar-refractivity contribution < 1.29 is 22.7 Å². The smallest absolute Gasteiger partial charge is 0.244 e. The van der Waals surface area contributed by atoms with Gasteiger partial charge in [0.2, 0.25) is 21.8 Å². The lowest BCUT2D eigenvalue weighted by Gasteiger charge is -2.33. The third-order valence-electron chi connectivity index (χ3n) is 6.08. The quantitative estimate of drug-likeness (QED) is 0.387. The van der Waals surface area contributed by atoms with Crippen LogP contribution >= 0.6 is 11.6 Å². The van der Waals surface area contributed by atoms with E-state index in [1.165, 1.54) is 31.2 Å². The molecule has 0 bridgehead atoms. The molecule has 0 aromatic heterocycles. The molecular formula is C28H32ClN3O5S. The number of carbonyl (C=O) groups is 2. The van der Waals surface area contributed by atoms with Gasteiger partial charge in [-0.25, -0.2) is 8.42 Å². The Balaban J connectivity index is 2.06. The Labute approximate surface area is 229 Å². The van der Waals surface area contributed by atoms with E-state index in [2.05, 4.69) is 5.32 Å². The van der Waals surface area contributed by atoms with Crippen molar-refractivity contribution in [3.05, 3.63) is 94.5 Å². The number of methoxy groups -OCH3 is 1. The number of rotatable bonds is 11. The number of benzene rings is 3. The molecule has 3 aromatic carbocycles. The van der Waals surface area contributed by atoms with E-state index in [-0.39, 0.29) is 35.3 Å². The summed E-state index contributed by atoms with van der Waals surface area (Å²) in [5.41, 5.74) is 2.84. The number of aryl methyl sites for hydroxylation is 1. The highest BCUT2D eigenvalue weighted by atomic mass is 35.5. The molecule has 8 nitrogen and oxygen atoms in total. The average Bonchev–Trinajstić information content (AvgIpc) is 2.89. The molecule has 0 aliphatic carbocycles. The molecule has 202 valence electrons. The van der Waals surface area contributed by atoms with Gasteiger partial charge in [0.05, 0.1) is 19.1 Å². The minimum atomic E-state index is -3.94. The van der Waals surface area contributed by atoms with Crippen molar-refractivity contribution in [1.82, 2.24) is 10.2 Å². The maximum absolute atomic E-state index is 13.9. The molecule has 0 radical (unpaired) electrons. The van der Waals surface area contributed by atoms with Crippen molar-refractivity contribution >= 4 is 39.1 Å². The van der Waals surface area contributed by atoms with E-state index >= 15 is 0 Å². The van der Waals surface area contributed by atoms with Crippen LogP contribution < -0.4 is 14.4 Å². The summed E-state index contributed by atoms with van der Waals surface area (Å²) < 4.78 is 32.1. The highest BCUT2D eigenvalue weighted by Gasteiger charge is 2.33. The fourth-order valence-electron chi connectivity index (χ4n) is 4.06. The van der Waals surface area contributed by atoms with Crippen LogP contribution in [0.3, 0.4) is 0 Å². The molecule has 0 unspecified atom stereocenters. The van der Waals surface area contributed by atoms with E-state index in [0.717, 1.165) is 27.3 Å². The number of carbonyl (C=O) groups excluding carboxylic acids is 2. The van der Waals surface area contributed by atoms with Gasteiger partial charge >= 0.3 is 0 Å². The number of hydrogen-bond donors (Lipinski definition) is 1. The summed E-state index contributed by atoms with van der Waals surface area (Å²) in [4.78, 5) is 28.5. The Morgan fingerprint density at radius 3 is 2.24 bits per heavy atom. The van der Waals surface area contributed by atoms with Crippen molar-refractivity contribution in [2.45, 2.75) is 25.9 Å². The molecule has 10 heteroatoms. The van der Waals surface area contributed by atoms with Crippen LogP contribution in [-0.2, 0) is 32.6 Å². The second-order valence-corrected chi connectivity index (χ2v) is 11.3. The number of nitrogens with one attached hydrogen (secondary N) is 1. The first-order chi connectivity index (χ1) is 18.0. The molecule has 0 spiro atoms. The number of anilines is 1. The molecule has 0 heterocycles. The van der Waals surface area contributed by atoms with Gasteiger partial charge in [0, 0.05) is 25.0 Å². The predicted molar refractivity (Wildman–Crippen MR) is 150 cm³/mol. The number of hydrogen-bond acceptors (Lipinski definition) is 5. The number of sulfonamides is 1. The van der Waals surface area contributed by atoms with E-state index in [1.54, 1.807) is 6.07 Å². The van der Waals surface area contributed by atoms with Crippen LogP contribution in [0.2, 0.25) is 5.02 Å². The maximum atomic E-state index is 13.9. The van der Waals surface area contributed by atoms with Crippen LogP contribution in [0.5, 0.6) is 5.75 Å². The largest absolute Gasteiger partial charge is 0.495 e. The number of halogens is 1. The molecule has 2 amide bonds. The molecule has 0 aliphatic heterocycles. The molecule has 1 N–H and O–H groups in total. The van der Waals surface area contributed by atoms with E-state index in [1.807, 2.05) is 61.5 Å². The van der Waals surface area contributed by atoms with E-state index in [0.29, 0.717) is 0 Å². The van der Waals surface area contributed by atoms with Crippen molar-refractivity contribution in [2.24, 2.45) is 0 Å². The monoisotopic (exact) mass is 557 g/mol. The van der Waals surface area contributed by atoms with Gasteiger partial charge < -0.3 is 15.0 Å². The second-order valence-electron chi connectivity index (χ2n) is 8.91. The highest BCUT2D eigenvalue weighted by Crippen LogP contribution is 2.33. The lowest BCUT2D eigenvalue weighted by molar-refractivity contribution is -0.139. The minimum absolute atomic E-state index is 0.105. The van der Waals surface area contributed by atoms with Gasteiger partial charge in [0.1, 0.15) is 18.3 Å². The highest BCUT2D eigenvalue weighted by molar-refractivity contribution is 7.92. The Morgan fingerprint density at radius 1 is 1.00 bits per heavy atom. The van der Waals surface area contributed by atoms with Crippen LogP contribution in [0.1, 0.15) is 16.7 Å². The van der Waals surface area contributed by atoms with Gasteiger partial charge in [-0.2, -0.15) is 0 Å².